The van der Waals surface area contributed by atoms with Gasteiger partial charge in [0.05, 0.1) is 7.11 Å². The molecule has 0 saturated heterocycles. The van der Waals surface area contributed by atoms with Gasteiger partial charge in [-0.3, -0.25) is 0 Å². The predicted molar refractivity (Wildman–Crippen MR) is 33.6 cm³/mol. The number of rotatable bonds is 2. The SMILES string of the molecule is COc1c(C(F)F)[c]nn1C. The van der Waals surface area contributed by atoms with Gasteiger partial charge in [0.1, 0.15) is 11.8 Å². The summed E-state index contributed by atoms with van der Waals surface area (Å²) in [5.74, 6) is 0.0556. The summed E-state index contributed by atoms with van der Waals surface area (Å²) in [6, 6.07) is 0. The summed E-state index contributed by atoms with van der Waals surface area (Å²) >= 11 is 0. The Morgan fingerprint density at radius 2 is 2.27 bits per heavy atom. The van der Waals surface area contributed by atoms with Crippen molar-refractivity contribution in [2.75, 3.05) is 7.11 Å². The highest BCUT2D eigenvalue weighted by atomic mass is 19.3. The molecule has 0 unspecified atom stereocenters. The second-order valence-electron chi connectivity index (χ2n) is 1.96. The van der Waals surface area contributed by atoms with Crippen molar-refractivity contribution in [2.45, 2.75) is 6.43 Å². The van der Waals surface area contributed by atoms with Crippen LogP contribution >= 0.6 is 0 Å². The third-order valence-electron chi connectivity index (χ3n) is 1.26. The molecular formula is C6H7F2N2O. The first kappa shape index (κ1) is 7.97. The molecule has 0 aliphatic rings. The number of hydrogen-bond acceptors (Lipinski definition) is 2. The van der Waals surface area contributed by atoms with Crippen LogP contribution in [0.2, 0.25) is 0 Å². The third kappa shape index (κ3) is 1.31. The fourth-order valence-corrected chi connectivity index (χ4v) is 0.781. The van der Waals surface area contributed by atoms with Gasteiger partial charge in [0.15, 0.2) is 0 Å². The van der Waals surface area contributed by atoms with Gasteiger partial charge >= 0.3 is 0 Å². The van der Waals surface area contributed by atoms with E-state index >= 15 is 0 Å². The molecule has 0 atom stereocenters. The number of methoxy groups -OCH3 is 1. The molecule has 0 fully saturated rings. The van der Waals surface area contributed by atoms with Crippen molar-refractivity contribution >= 4 is 0 Å². The van der Waals surface area contributed by atoms with E-state index in [-0.39, 0.29) is 11.4 Å². The number of alkyl halides is 2. The summed E-state index contributed by atoms with van der Waals surface area (Å²) in [5, 5.41) is 3.50. The highest BCUT2D eigenvalue weighted by Crippen LogP contribution is 2.26. The Balaban J connectivity index is 3.05. The van der Waals surface area contributed by atoms with E-state index in [4.69, 9.17) is 0 Å². The molecule has 0 spiro atoms. The molecule has 1 heterocycles. The van der Waals surface area contributed by atoms with Gasteiger partial charge in [0.2, 0.25) is 5.88 Å². The zero-order valence-electron chi connectivity index (χ0n) is 6.14. The number of aryl methyl sites for hydroxylation is 1. The van der Waals surface area contributed by atoms with Crippen LogP contribution in [0, 0.1) is 6.20 Å². The van der Waals surface area contributed by atoms with Gasteiger partial charge in [-0.1, -0.05) is 0 Å². The van der Waals surface area contributed by atoms with Gasteiger partial charge in [-0.05, 0) is 0 Å². The molecule has 1 aromatic rings. The van der Waals surface area contributed by atoms with E-state index in [9.17, 15) is 8.78 Å². The molecule has 0 aromatic carbocycles. The zero-order valence-corrected chi connectivity index (χ0v) is 6.14. The summed E-state index contributed by atoms with van der Waals surface area (Å²) in [7, 11) is 2.83. The summed E-state index contributed by atoms with van der Waals surface area (Å²) in [4.78, 5) is 0. The van der Waals surface area contributed by atoms with Crippen molar-refractivity contribution in [1.82, 2.24) is 9.78 Å². The van der Waals surface area contributed by atoms with Crippen molar-refractivity contribution in [2.24, 2.45) is 7.05 Å². The lowest BCUT2D eigenvalue weighted by Gasteiger charge is -2.01. The Hall–Kier alpha value is -1.13. The maximum absolute atomic E-state index is 12.1. The fourth-order valence-electron chi connectivity index (χ4n) is 0.781. The standard InChI is InChI=1S/C6H7F2N2O/c1-10-6(11-2)4(3-9-10)5(7)8/h5H,1-2H3. The van der Waals surface area contributed by atoms with Crippen molar-refractivity contribution in [1.29, 1.82) is 0 Å². The van der Waals surface area contributed by atoms with Crippen molar-refractivity contribution in [3.8, 4) is 5.88 Å². The number of halogens is 2. The molecule has 1 radical (unpaired) electrons. The first-order valence-electron chi connectivity index (χ1n) is 2.93. The molecule has 61 valence electrons. The number of ether oxygens (including phenoxy) is 1. The van der Waals surface area contributed by atoms with Crippen LogP contribution in [0.15, 0.2) is 0 Å². The summed E-state index contributed by atoms with van der Waals surface area (Å²) in [6.07, 6.45) is -0.422. The summed E-state index contributed by atoms with van der Waals surface area (Å²) in [6.45, 7) is 0. The van der Waals surface area contributed by atoms with Gasteiger partial charge in [-0.25, -0.2) is 13.5 Å². The van der Waals surface area contributed by atoms with Gasteiger partial charge in [-0.15, -0.1) is 0 Å². The maximum atomic E-state index is 12.1. The van der Waals surface area contributed by atoms with E-state index < -0.39 is 6.43 Å². The second-order valence-corrected chi connectivity index (χ2v) is 1.96. The minimum Gasteiger partial charge on any atom is -0.481 e. The summed E-state index contributed by atoms with van der Waals surface area (Å²) in [5.41, 5.74) is -0.296. The molecule has 0 amide bonds. The van der Waals surface area contributed by atoms with Crippen molar-refractivity contribution < 1.29 is 13.5 Å². The van der Waals surface area contributed by atoms with Gasteiger partial charge in [0.25, 0.3) is 6.43 Å². The first-order chi connectivity index (χ1) is 5.16. The fraction of sp³-hybridized carbons (Fsp3) is 0.500. The zero-order chi connectivity index (χ0) is 8.43. The smallest absolute Gasteiger partial charge is 0.271 e. The van der Waals surface area contributed by atoms with Crippen LogP contribution in [0.25, 0.3) is 0 Å². The number of hydrogen-bond donors (Lipinski definition) is 0. The molecular weight excluding hydrogens is 154 g/mol. The van der Waals surface area contributed by atoms with Crippen LogP contribution in [0.3, 0.4) is 0 Å². The van der Waals surface area contributed by atoms with Crippen LogP contribution in [0.1, 0.15) is 12.0 Å². The topological polar surface area (TPSA) is 27.1 Å². The van der Waals surface area contributed by atoms with E-state index in [1.54, 1.807) is 0 Å². The van der Waals surface area contributed by atoms with Crippen LogP contribution < -0.4 is 4.74 Å². The molecule has 1 rings (SSSR count). The summed E-state index contributed by atoms with van der Waals surface area (Å²) < 4.78 is 30.0. The van der Waals surface area contributed by atoms with E-state index in [2.05, 4.69) is 16.0 Å². The highest BCUT2D eigenvalue weighted by molar-refractivity contribution is 5.23. The Kier molecular flexibility index (Phi) is 2.07. The Morgan fingerprint density at radius 3 is 2.64 bits per heavy atom. The molecule has 1 aromatic heterocycles. The molecule has 0 aliphatic heterocycles. The van der Waals surface area contributed by atoms with E-state index in [1.807, 2.05) is 0 Å². The number of nitrogens with zero attached hydrogens (tertiary/aromatic N) is 2. The van der Waals surface area contributed by atoms with Gasteiger partial charge in [0, 0.05) is 7.05 Å². The van der Waals surface area contributed by atoms with E-state index in [0.717, 1.165) is 0 Å². The van der Waals surface area contributed by atoms with Gasteiger partial charge < -0.3 is 4.74 Å². The van der Waals surface area contributed by atoms with E-state index in [1.165, 1.54) is 18.8 Å². The molecule has 3 nitrogen and oxygen atoms in total. The van der Waals surface area contributed by atoms with Crippen molar-refractivity contribution in [3.63, 3.8) is 0 Å². The lowest BCUT2D eigenvalue weighted by Crippen LogP contribution is -1.96. The lowest BCUT2D eigenvalue weighted by atomic mass is 10.4. The first-order valence-corrected chi connectivity index (χ1v) is 2.93. The third-order valence-corrected chi connectivity index (χ3v) is 1.26. The Bertz CT molecular complexity index is 247. The monoisotopic (exact) mass is 161 g/mol. The highest BCUT2D eigenvalue weighted by Gasteiger charge is 2.18. The predicted octanol–water partition coefficient (Wildman–Crippen LogP) is 1.17. The Labute approximate surface area is 62.6 Å². The van der Waals surface area contributed by atoms with Crippen molar-refractivity contribution in [3.05, 3.63) is 11.8 Å². The number of aromatic nitrogens is 2. The molecule has 5 heteroatoms. The Morgan fingerprint density at radius 1 is 1.64 bits per heavy atom. The average molecular weight is 161 g/mol. The van der Waals surface area contributed by atoms with Crippen LogP contribution in [0.4, 0.5) is 8.78 Å². The molecule has 0 bridgehead atoms. The minimum absolute atomic E-state index is 0.0556. The normalized spacial score (nSPS) is 10.6. The van der Waals surface area contributed by atoms with Crippen LogP contribution in [-0.2, 0) is 7.05 Å². The van der Waals surface area contributed by atoms with E-state index in [0.29, 0.717) is 0 Å². The largest absolute Gasteiger partial charge is 0.481 e. The quantitative estimate of drug-likeness (QED) is 0.650. The average Bonchev–Trinajstić information content (AvgIpc) is 2.30. The molecule has 11 heavy (non-hydrogen) atoms. The lowest BCUT2D eigenvalue weighted by molar-refractivity contribution is 0.146. The van der Waals surface area contributed by atoms with Crippen LogP contribution in [0.5, 0.6) is 5.88 Å². The van der Waals surface area contributed by atoms with Crippen LogP contribution in [-0.4, -0.2) is 16.9 Å². The second kappa shape index (κ2) is 2.86. The molecule has 0 aliphatic carbocycles. The van der Waals surface area contributed by atoms with Gasteiger partial charge in [-0.2, -0.15) is 5.10 Å². The minimum atomic E-state index is -2.58. The maximum Gasteiger partial charge on any atom is 0.271 e. The molecule has 0 saturated carbocycles. The molecule has 0 N–H and O–H groups in total.